The molecule has 0 aliphatic carbocycles. The summed E-state index contributed by atoms with van der Waals surface area (Å²) in [5, 5.41) is 0.463. The van der Waals surface area contributed by atoms with E-state index < -0.39 is 16.1 Å². The highest BCUT2D eigenvalue weighted by Gasteiger charge is 2.27. The SMILES string of the molecule is CC1CCN(C(=O)[C@H](C)NS(=O)(=O)c2ccc(Cl)cc2)CC1. The smallest absolute Gasteiger partial charge is 0.241 e. The van der Waals surface area contributed by atoms with Crippen LogP contribution < -0.4 is 4.72 Å². The van der Waals surface area contributed by atoms with Crippen LogP contribution >= 0.6 is 11.6 Å². The van der Waals surface area contributed by atoms with E-state index in [-0.39, 0.29) is 10.8 Å². The molecule has 1 aromatic carbocycles. The van der Waals surface area contributed by atoms with Gasteiger partial charge in [0, 0.05) is 18.1 Å². The molecular formula is C15H21ClN2O3S. The van der Waals surface area contributed by atoms with Gasteiger partial charge in [-0.15, -0.1) is 0 Å². The maximum absolute atomic E-state index is 12.3. The Bertz CT molecular complexity index is 623. The zero-order valence-corrected chi connectivity index (χ0v) is 14.3. The van der Waals surface area contributed by atoms with Crippen LogP contribution in [-0.2, 0) is 14.8 Å². The molecule has 1 heterocycles. The van der Waals surface area contributed by atoms with Crippen molar-refractivity contribution in [1.82, 2.24) is 9.62 Å². The fourth-order valence-corrected chi connectivity index (χ4v) is 3.79. The van der Waals surface area contributed by atoms with E-state index in [1.54, 1.807) is 11.8 Å². The summed E-state index contributed by atoms with van der Waals surface area (Å²) < 4.78 is 27.0. The summed E-state index contributed by atoms with van der Waals surface area (Å²) >= 11 is 5.76. The Hall–Kier alpha value is -1.11. The van der Waals surface area contributed by atoms with Crippen molar-refractivity contribution in [2.24, 2.45) is 5.92 Å². The molecule has 1 N–H and O–H groups in total. The average molecular weight is 345 g/mol. The topological polar surface area (TPSA) is 66.5 Å². The number of likely N-dealkylation sites (tertiary alicyclic amines) is 1. The molecule has 1 aliphatic heterocycles. The van der Waals surface area contributed by atoms with Crippen molar-refractivity contribution in [2.45, 2.75) is 37.6 Å². The average Bonchev–Trinajstić information content (AvgIpc) is 2.47. The van der Waals surface area contributed by atoms with Crippen molar-refractivity contribution in [2.75, 3.05) is 13.1 Å². The Morgan fingerprint density at radius 1 is 1.27 bits per heavy atom. The molecule has 0 bridgehead atoms. The Labute approximate surface area is 136 Å². The Morgan fingerprint density at radius 3 is 2.36 bits per heavy atom. The van der Waals surface area contributed by atoms with E-state index in [2.05, 4.69) is 11.6 Å². The molecule has 1 amide bonds. The number of amides is 1. The number of rotatable bonds is 4. The number of nitrogens with zero attached hydrogens (tertiary/aromatic N) is 1. The standard InChI is InChI=1S/C15H21ClN2O3S/c1-11-7-9-18(10-8-11)15(19)12(2)17-22(20,21)14-5-3-13(16)4-6-14/h3-6,11-12,17H,7-10H2,1-2H3/t12-/m0/s1. The minimum absolute atomic E-state index is 0.101. The molecule has 1 atom stereocenters. The molecule has 0 radical (unpaired) electrons. The number of halogens is 1. The predicted octanol–water partition coefficient (Wildman–Crippen LogP) is 2.27. The zero-order chi connectivity index (χ0) is 16.3. The van der Waals surface area contributed by atoms with E-state index in [9.17, 15) is 13.2 Å². The van der Waals surface area contributed by atoms with Crippen LogP contribution in [0.5, 0.6) is 0 Å². The van der Waals surface area contributed by atoms with Crippen molar-refractivity contribution >= 4 is 27.5 Å². The summed E-state index contributed by atoms with van der Waals surface area (Å²) in [6, 6.07) is 5.08. The molecule has 5 nitrogen and oxygen atoms in total. The van der Waals surface area contributed by atoms with Crippen molar-refractivity contribution in [3.05, 3.63) is 29.3 Å². The molecule has 0 spiro atoms. The second-order valence-electron chi connectivity index (χ2n) is 5.80. The molecule has 1 aromatic rings. The van der Waals surface area contributed by atoms with E-state index >= 15 is 0 Å². The van der Waals surface area contributed by atoms with E-state index in [0.29, 0.717) is 24.0 Å². The molecular weight excluding hydrogens is 324 g/mol. The fraction of sp³-hybridized carbons (Fsp3) is 0.533. The van der Waals surface area contributed by atoms with Crippen LogP contribution in [0.1, 0.15) is 26.7 Å². The molecule has 0 saturated carbocycles. The first-order chi connectivity index (χ1) is 10.3. The van der Waals surface area contributed by atoms with Crippen molar-refractivity contribution in [1.29, 1.82) is 0 Å². The van der Waals surface area contributed by atoms with Gasteiger partial charge in [-0.25, -0.2) is 8.42 Å². The summed E-state index contributed by atoms with van der Waals surface area (Å²) in [7, 11) is -3.73. The van der Waals surface area contributed by atoms with Gasteiger partial charge in [-0.05, 0) is 49.9 Å². The second kappa shape index (κ2) is 6.98. The zero-order valence-electron chi connectivity index (χ0n) is 12.8. The maximum atomic E-state index is 12.3. The largest absolute Gasteiger partial charge is 0.341 e. The fourth-order valence-electron chi connectivity index (χ4n) is 2.47. The quantitative estimate of drug-likeness (QED) is 0.911. The third-order valence-corrected chi connectivity index (χ3v) is 5.73. The number of piperidine rings is 1. The van der Waals surface area contributed by atoms with Crippen molar-refractivity contribution in [3.8, 4) is 0 Å². The number of sulfonamides is 1. The Morgan fingerprint density at radius 2 is 1.82 bits per heavy atom. The van der Waals surface area contributed by atoms with Gasteiger partial charge in [0.1, 0.15) is 0 Å². The minimum atomic E-state index is -3.73. The highest BCUT2D eigenvalue weighted by atomic mass is 35.5. The lowest BCUT2D eigenvalue weighted by atomic mass is 9.99. The summed E-state index contributed by atoms with van der Waals surface area (Å²) in [4.78, 5) is 14.2. The summed E-state index contributed by atoms with van der Waals surface area (Å²) in [6.45, 7) is 5.11. The molecule has 1 aliphatic rings. The number of nitrogens with one attached hydrogen (secondary N) is 1. The number of hydrogen-bond donors (Lipinski definition) is 1. The number of carbonyl (C=O) groups is 1. The van der Waals surface area contributed by atoms with Crippen LogP contribution in [0.25, 0.3) is 0 Å². The van der Waals surface area contributed by atoms with Gasteiger partial charge in [0.05, 0.1) is 10.9 Å². The first kappa shape index (κ1) is 17.2. The molecule has 1 fully saturated rings. The maximum Gasteiger partial charge on any atom is 0.241 e. The van der Waals surface area contributed by atoms with E-state index in [1.807, 2.05) is 0 Å². The van der Waals surface area contributed by atoms with E-state index in [1.165, 1.54) is 24.3 Å². The van der Waals surface area contributed by atoms with Crippen LogP contribution in [0.4, 0.5) is 0 Å². The summed E-state index contributed by atoms with van der Waals surface area (Å²) in [5.41, 5.74) is 0. The van der Waals surface area contributed by atoms with Gasteiger partial charge < -0.3 is 4.90 Å². The number of hydrogen-bond acceptors (Lipinski definition) is 3. The summed E-state index contributed by atoms with van der Waals surface area (Å²) in [6.07, 6.45) is 1.92. The van der Waals surface area contributed by atoms with Crippen LogP contribution in [0.3, 0.4) is 0 Å². The van der Waals surface area contributed by atoms with Gasteiger partial charge in [0.2, 0.25) is 15.9 Å². The van der Waals surface area contributed by atoms with Gasteiger partial charge in [-0.3, -0.25) is 4.79 Å². The minimum Gasteiger partial charge on any atom is -0.341 e. The molecule has 0 unspecified atom stereocenters. The molecule has 22 heavy (non-hydrogen) atoms. The molecule has 0 aromatic heterocycles. The van der Waals surface area contributed by atoms with Crippen molar-refractivity contribution in [3.63, 3.8) is 0 Å². The lowest BCUT2D eigenvalue weighted by Gasteiger charge is -2.32. The normalized spacial score (nSPS) is 18.2. The van der Waals surface area contributed by atoms with Crippen LogP contribution in [0.15, 0.2) is 29.2 Å². The van der Waals surface area contributed by atoms with Gasteiger partial charge in [0.25, 0.3) is 0 Å². The van der Waals surface area contributed by atoms with Crippen LogP contribution in [0.2, 0.25) is 5.02 Å². The van der Waals surface area contributed by atoms with Gasteiger partial charge >= 0.3 is 0 Å². The monoisotopic (exact) mass is 344 g/mol. The number of benzene rings is 1. The van der Waals surface area contributed by atoms with Crippen LogP contribution in [-0.4, -0.2) is 38.4 Å². The predicted molar refractivity (Wildman–Crippen MR) is 86.2 cm³/mol. The third-order valence-electron chi connectivity index (χ3n) is 3.92. The first-order valence-electron chi connectivity index (χ1n) is 7.36. The lowest BCUT2D eigenvalue weighted by molar-refractivity contribution is -0.133. The van der Waals surface area contributed by atoms with Crippen LogP contribution in [0, 0.1) is 5.92 Å². The first-order valence-corrected chi connectivity index (χ1v) is 9.22. The van der Waals surface area contributed by atoms with E-state index in [4.69, 9.17) is 11.6 Å². The second-order valence-corrected chi connectivity index (χ2v) is 7.96. The number of carbonyl (C=O) groups excluding carboxylic acids is 1. The highest BCUT2D eigenvalue weighted by molar-refractivity contribution is 7.89. The van der Waals surface area contributed by atoms with Gasteiger partial charge in [-0.1, -0.05) is 18.5 Å². The highest BCUT2D eigenvalue weighted by Crippen LogP contribution is 2.18. The third kappa shape index (κ3) is 4.21. The molecule has 122 valence electrons. The lowest BCUT2D eigenvalue weighted by Crippen LogP contribution is -2.49. The van der Waals surface area contributed by atoms with Crippen molar-refractivity contribution < 1.29 is 13.2 Å². The Balaban J connectivity index is 2.02. The molecule has 1 saturated heterocycles. The molecule has 7 heteroatoms. The molecule has 2 rings (SSSR count). The van der Waals surface area contributed by atoms with Gasteiger partial charge in [0.15, 0.2) is 0 Å². The Kier molecular flexibility index (Phi) is 5.47. The summed E-state index contributed by atoms with van der Waals surface area (Å²) in [5.74, 6) is 0.439. The van der Waals surface area contributed by atoms with Gasteiger partial charge in [-0.2, -0.15) is 4.72 Å². The van der Waals surface area contributed by atoms with E-state index in [0.717, 1.165) is 12.8 Å².